The van der Waals surface area contributed by atoms with E-state index < -0.39 is 54.5 Å². The lowest BCUT2D eigenvalue weighted by molar-refractivity contribution is -0.0529. The summed E-state index contributed by atoms with van der Waals surface area (Å²) in [6.07, 6.45) is -2.19. The van der Waals surface area contributed by atoms with E-state index in [9.17, 15) is 33.4 Å². The van der Waals surface area contributed by atoms with Gasteiger partial charge in [-0.2, -0.15) is 8.62 Å². The number of carbonyl (C=O) groups excluding carboxylic acids is 1. The van der Waals surface area contributed by atoms with Crippen LogP contribution in [0.15, 0.2) is 16.9 Å². The van der Waals surface area contributed by atoms with E-state index in [0.717, 1.165) is 4.90 Å². The maximum Gasteiger partial charge on any atom is 0.490 e. The minimum atomic E-state index is -5.70. The molecule has 0 aromatic carbocycles. The van der Waals surface area contributed by atoms with Gasteiger partial charge in [0.1, 0.15) is 25.0 Å². The minimum absolute atomic E-state index is 0.217. The maximum atomic E-state index is 12.3. The van der Waals surface area contributed by atoms with Crippen LogP contribution in [0.3, 0.4) is 0 Å². The number of carbonyl (C=O) groups is 1. The molecule has 0 aliphatic carbocycles. The van der Waals surface area contributed by atoms with Crippen LogP contribution in [0.25, 0.3) is 0 Å². The predicted octanol–water partition coefficient (Wildman–Crippen LogP) is -0.552. The second-order valence-electron chi connectivity index (χ2n) is 6.30. The molecule has 0 aromatic rings. The van der Waals surface area contributed by atoms with E-state index >= 15 is 0 Å². The van der Waals surface area contributed by atoms with Gasteiger partial charge in [-0.15, -0.1) is 0 Å². The summed E-state index contributed by atoms with van der Waals surface area (Å²) in [5.74, 6) is 0.217. The molecule has 20 heteroatoms. The summed E-state index contributed by atoms with van der Waals surface area (Å²) in [4.78, 5) is 54.3. The van der Waals surface area contributed by atoms with E-state index in [2.05, 4.69) is 19.1 Å². The van der Waals surface area contributed by atoms with E-state index in [1.54, 1.807) is 0 Å². The fraction of sp³-hybridized carbons (Fsp3) is 0.636. The van der Waals surface area contributed by atoms with Crippen molar-refractivity contribution >= 4 is 35.3 Å². The molecule has 3 aliphatic rings. The van der Waals surface area contributed by atoms with E-state index in [0.29, 0.717) is 12.0 Å². The molecule has 17 nitrogen and oxygen atoms in total. The summed E-state index contributed by atoms with van der Waals surface area (Å²) in [6, 6.07) is -0.673. The number of amides is 2. The Morgan fingerprint density at radius 2 is 1.90 bits per heavy atom. The highest BCUT2D eigenvalue weighted by Gasteiger charge is 2.47. The van der Waals surface area contributed by atoms with Gasteiger partial charge in [-0.3, -0.25) is 14.7 Å². The largest absolute Gasteiger partial charge is 0.490 e. The number of aliphatic hydroxyl groups excluding tert-OH is 1. The zero-order valence-corrected chi connectivity index (χ0v) is 18.0. The molecule has 0 saturated carbocycles. The molecule has 0 aromatic heterocycles. The molecule has 0 bridgehead atoms. The third-order valence-corrected chi connectivity index (χ3v) is 7.90. The van der Waals surface area contributed by atoms with Crippen molar-refractivity contribution in [1.29, 1.82) is 0 Å². The number of phosphoric acid groups is 3. The summed E-state index contributed by atoms with van der Waals surface area (Å²) in [5.41, 5.74) is 0.617. The molecule has 1 fully saturated rings. The molecule has 3 rings (SSSR count). The predicted molar refractivity (Wildman–Crippen MR) is 95.6 cm³/mol. The first-order chi connectivity index (χ1) is 14.3. The molecule has 2 amide bonds. The van der Waals surface area contributed by atoms with Crippen molar-refractivity contribution in [3.63, 3.8) is 0 Å². The smallest absolute Gasteiger partial charge is 0.394 e. The second-order valence-corrected chi connectivity index (χ2v) is 10.7. The van der Waals surface area contributed by atoms with Crippen LogP contribution < -0.4 is 5.32 Å². The van der Waals surface area contributed by atoms with E-state index in [1.165, 1.54) is 6.20 Å². The Labute approximate surface area is 173 Å². The van der Waals surface area contributed by atoms with Gasteiger partial charge in [-0.25, -0.2) is 18.5 Å². The van der Waals surface area contributed by atoms with Crippen molar-refractivity contribution < 1.29 is 65.9 Å². The van der Waals surface area contributed by atoms with Gasteiger partial charge in [0.25, 0.3) is 0 Å². The molecule has 2 unspecified atom stereocenters. The highest BCUT2D eigenvalue weighted by Crippen LogP contribution is 2.66. The van der Waals surface area contributed by atoms with Crippen LogP contribution in [-0.2, 0) is 36.4 Å². The van der Waals surface area contributed by atoms with Crippen LogP contribution in [0.2, 0.25) is 0 Å². The van der Waals surface area contributed by atoms with Crippen molar-refractivity contribution in [1.82, 2.24) is 10.2 Å². The van der Waals surface area contributed by atoms with Gasteiger partial charge in [0, 0.05) is 24.6 Å². The molecule has 5 atom stereocenters. The zero-order valence-electron chi connectivity index (χ0n) is 15.3. The fourth-order valence-electron chi connectivity index (χ4n) is 2.89. The summed E-state index contributed by atoms with van der Waals surface area (Å²) in [5, 5.41) is 15.6. The number of aliphatic hydroxyl groups is 1. The number of fused-ring (bicyclic) bond motifs is 1. The van der Waals surface area contributed by atoms with Crippen molar-refractivity contribution in [2.75, 3.05) is 13.2 Å². The molecule has 3 heterocycles. The molecule has 3 aliphatic heterocycles. The quantitative estimate of drug-likeness (QED) is 0.225. The van der Waals surface area contributed by atoms with Crippen LogP contribution in [-0.4, -0.2) is 73.1 Å². The zero-order chi connectivity index (χ0) is 23.0. The van der Waals surface area contributed by atoms with Crippen molar-refractivity contribution in [3.8, 4) is 0 Å². The van der Waals surface area contributed by atoms with Gasteiger partial charge in [0.15, 0.2) is 5.84 Å². The molecular weight excluding hydrogens is 491 g/mol. The molecular formula is C11H18N3O14P3. The van der Waals surface area contributed by atoms with Crippen LogP contribution in [0.4, 0.5) is 4.79 Å². The number of nitrogens with zero attached hydrogens (tertiary/aromatic N) is 2. The number of phosphoric ester groups is 1. The highest BCUT2D eigenvalue weighted by molar-refractivity contribution is 7.66. The standard InChI is InChI=1S/C11H18N3O14P3/c15-5-8-7(26-30(20,21)28-31(22,23)27-29(17,18)19)3-9(25-8)14-4-6-1-2-24-13-10(6)12-11(14)16/h4,7-9,15H,1-3,5H2,(H,20,21)(H,22,23)(H,12,13,16)(H2,17,18,19)/t7-,8+,9+/m0/s1. The number of rotatable bonds is 8. The Hall–Kier alpha value is -1.19. The average Bonchev–Trinajstić information content (AvgIpc) is 2.99. The first-order valence-electron chi connectivity index (χ1n) is 8.37. The van der Waals surface area contributed by atoms with Gasteiger partial charge < -0.3 is 34.3 Å². The Kier molecular flexibility index (Phi) is 7.08. The molecule has 31 heavy (non-hydrogen) atoms. The normalized spacial score (nSPS) is 30.3. The first kappa shape index (κ1) is 24.5. The van der Waals surface area contributed by atoms with Crippen molar-refractivity contribution in [3.05, 3.63) is 11.8 Å². The van der Waals surface area contributed by atoms with Crippen LogP contribution in [0.5, 0.6) is 0 Å². The molecule has 6 N–H and O–H groups in total. The van der Waals surface area contributed by atoms with Gasteiger partial charge in [-0.05, 0) is 0 Å². The Balaban J connectivity index is 1.70. The summed E-state index contributed by atoms with van der Waals surface area (Å²) in [6.45, 7) is -0.456. The number of nitrogens with one attached hydrogen (secondary N) is 1. The van der Waals surface area contributed by atoms with E-state index in [-0.39, 0.29) is 18.9 Å². The molecule has 1 saturated heterocycles. The number of ether oxygens (including phenoxy) is 1. The third-order valence-electron chi connectivity index (χ3n) is 4.03. The number of hydrogen-bond acceptors (Lipinski definition) is 11. The van der Waals surface area contributed by atoms with Gasteiger partial charge >= 0.3 is 29.5 Å². The number of hydrogen-bond donors (Lipinski definition) is 6. The monoisotopic (exact) mass is 509 g/mol. The molecule has 0 radical (unpaired) electrons. The van der Waals surface area contributed by atoms with Gasteiger partial charge in [0.2, 0.25) is 0 Å². The minimum Gasteiger partial charge on any atom is -0.394 e. The Bertz CT molecular complexity index is 932. The van der Waals surface area contributed by atoms with Crippen molar-refractivity contribution in [2.24, 2.45) is 5.16 Å². The lowest BCUT2D eigenvalue weighted by atomic mass is 10.1. The van der Waals surface area contributed by atoms with Gasteiger partial charge in [-0.1, -0.05) is 5.16 Å². The number of oxime groups is 1. The van der Waals surface area contributed by atoms with Gasteiger partial charge in [0.05, 0.1) is 6.61 Å². The summed E-state index contributed by atoms with van der Waals surface area (Å²) < 4.78 is 51.7. The summed E-state index contributed by atoms with van der Waals surface area (Å²) >= 11 is 0. The number of amidine groups is 1. The van der Waals surface area contributed by atoms with Crippen LogP contribution >= 0.6 is 23.5 Å². The molecule has 0 spiro atoms. The third kappa shape index (κ3) is 6.42. The first-order valence-corrected chi connectivity index (χ1v) is 12.9. The SMILES string of the molecule is O=C1NC2=NOCCC2=CN1[C@H]1C[C@H](OP(=O)(O)OP(=O)(O)OP(=O)(O)O)[C@@H](CO)O1. The van der Waals surface area contributed by atoms with Crippen molar-refractivity contribution in [2.45, 2.75) is 31.3 Å². The van der Waals surface area contributed by atoms with Crippen LogP contribution in [0, 0.1) is 0 Å². The van der Waals surface area contributed by atoms with E-state index in [1.807, 2.05) is 0 Å². The summed E-state index contributed by atoms with van der Waals surface area (Å²) in [7, 11) is -16.7. The lowest BCUT2D eigenvalue weighted by Crippen LogP contribution is -2.50. The average molecular weight is 509 g/mol. The highest BCUT2D eigenvalue weighted by atomic mass is 31.3. The Morgan fingerprint density at radius 1 is 1.19 bits per heavy atom. The van der Waals surface area contributed by atoms with Crippen LogP contribution in [0.1, 0.15) is 12.8 Å². The second kappa shape index (κ2) is 8.98. The fourth-order valence-corrected chi connectivity index (χ4v) is 6.12. The topological polar surface area (TPSA) is 243 Å². The molecule has 176 valence electrons. The maximum absolute atomic E-state index is 12.3. The number of urea groups is 1. The lowest BCUT2D eigenvalue weighted by Gasteiger charge is -2.31. The van der Waals surface area contributed by atoms with E-state index in [4.69, 9.17) is 23.9 Å². The Morgan fingerprint density at radius 3 is 2.55 bits per heavy atom.